The number of sulfone groups is 1. The van der Waals surface area contributed by atoms with Gasteiger partial charge in [-0.3, -0.25) is 9.59 Å². The van der Waals surface area contributed by atoms with Crippen molar-refractivity contribution in [3.63, 3.8) is 0 Å². The molecule has 0 aliphatic heterocycles. The molecule has 0 fully saturated rings. The van der Waals surface area contributed by atoms with Gasteiger partial charge in [-0.15, -0.1) is 0 Å². The second kappa shape index (κ2) is 22.0. The van der Waals surface area contributed by atoms with Crippen molar-refractivity contribution in [1.29, 1.82) is 0 Å². The molecule has 1 aromatic rings. The Labute approximate surface area is 260 Å². The molecule has 0 radical (unpaired) electrons. The Morgan fingerprint density at radius 1 is 0.767 bits per heavy atom. The number of thioether (sulfide) groups is 2. The number of carbonyl (C=O) groups excluding carboxylic acids is 1. The zero-order valence-electron chi connectivity index (χ0n) is 24.8. The number of halogens is 4. The van der Waals surface area contributed by atoms with Crippen LogP contribution in [0.25, 0.3) is 0 Å². The Balaban J connectivity index is 1.97. The van der Waals surface area contributed by atoms with E-state index in [4.69, 9.17) is 9.84 Å². The van der Waals surface area contributed by atoms with Crippen LogP contribution in [-0.2, 0) is 24.2 Å². The van der Waals surface area contributed by atoms with Gasteiger partial charge >= 0.3 is 11.9 Å². The number of nitrogens with zero attached hydrogens (tertiary/aromatic N) is 1. The molecule has 0 saturated heterocycles. The number of carbonyl (C=O) groups is 2. The third kappa shape index (κ3) is 17.5. The lowest BCUT2D eigenvalue weighted by atomic mass is 10.1. The van der Waals surface area contributed by atoms with E-state index in [-0.39, 0.29) is 31.0 Å². The van der Waals surface area contributed by atoms with Crippen molar-refractivity contribution in [2.24, 2.45) is 0 Å². The molecular formula is C28H43F4NO7S3. The molecule has 1 N–H and O–H groups in total. The molecule has 1 rings (SSSR count). The molecule has 8 nitrogen and oxygen atoms in total. The fourth-order valence-electron chi connectivity index (χ4n) is 3.65. The van der Waals surface area contributed by atoms with Crippen LogP contribution in [0.2, 0.25) is 0 Å². The van der Waals surface area contributed by atoms with Crippen molar-refractivity contribution >= 4 is 45.3 Å². The summed E-state index contributed by atoms with van der Waals surface area (Å²) < 4.78 is 88.7. The summed E-state index contributed by atoms with van der Waals surface area (Å²) in [6, 6.07) is 0. The summed E-state index contributed by atoms with van der Waals surface area (Å²) in [5.74, 6) is -7.10. The zero-order chi connectivity index (χ0) is 32.3. The van der Waals surface area contributed by atoms with Crippen LogP contribution in [0.4, 0.5) is 17.6 Å². The lowest BCUT2D eigenvalue weighted by Crippen LogP contribution is -2.26. The highest BCUT2D eigenvalue weighted by atomic mass is 32.2. The number of aliphatic carboxylic acids is 1. The van der Waals surface area contributed by atoms with Crippen LogP contribution in [0.5, 0.6) is 5.75 Å². The smallest absolute Gasteiger partial charge is 0.312 e. The zero-order valence-corrected chi connectivity index (χ0v) is 27.3. The van der Waals surface area contributed by atoms with Crippen molar-refractivity contribution < 1.29 is 50.1 Å². The van der Waals surface area contributed by atoms with Gasteiger partial charge in [0.25, 0.3) is 0 Å². The third-order valence-electron chi connectivity index (χ3n) is 6.34. The van der Waals surface area contributed by atoms with Crippen LogP contribution in [-0.4, -0.2) is 98.2 Å². The molecule has 0 bridgehead atoms. The molecule has 248 valence electrons. The van der Waals surface area contributed by atoms with Gasteiger partial charge in [-0.25, -0.2) is 21.6 Å². The first kappa shape index (κ1) is 39.5. The normalized spacial score (nSPS) is 11.8. The van der Waals surface area contributed by atoms with E-state index in [9.17, 15) is 35.6 Å². The van der Waals surface area contributed by atoms with Crippen molar-refractivity contribution in [2.45, 2.75) is 58.3 Å². The fourth-order valence-corrected chi connectivity index (χ4v) is 7.25. The summed E-state index contributed by atoms with van der Waals surface area (Å²) >= 11 is 3.12. The van der Waals surface area contributed by atoms with Gasteiger partial charge in [0.05, 0.1) is 37.6 Å². The molecule has 15 heteroatoms. The van der Waals surface area contributed by atoms with Crippen molar-refractivity contribution in [1.82, 2.24) is 4.90 Å². The van der Waals surface area contributed by atoms with Crippen LogP contribution in [0.1, 0.15) is 56.9 Å². The maximum atomic E-state index is 13.9. The summed E-state index contributed by atoms with van der Waals surface area (Å²) in [7, 11) is -1.38. The first-order valence-corrected chi connectivity index (χ1v) is 18.4. The molecule has 43 heavy (non-hydrogen) atoms. The van der Waals surface area contributed by atoms with Crippen LogP contribution in [0.3, 0.4) is 0 Å². The van der Waals surface area contributed by atoms with Gasteiger partial charge in [0.1, 0.15) is 0 Å². The van der Waals surface area contributed by atoms with Crippen molar-refractivity contribution in [3.05, 3.63) is 28.8 Å². The number of hydrogen-bond acceptors (Lipinski definition) is 9. The number of unbranched alkanes of at least 4 members (excludes halogenated alkanes) is 5. The number of carboxylic acid groups (broad SMARTS) is 1. The van der Waals surface area contributed by atoms with E-state index in [1.165, 1.54) is 11.8 Å². The number of ether oxygens (including phenoxy) is 2. The number of likely N-dealkylation sites (N-methyl/N-ethyl adjacent to an activating group) is 1. The third-order valence-corrected chi connectivity index (χ3v) is 10.4. The standard InChI is InChI=1S/C28H43F4NO7S3/c1-21-24(29)26(31)27(32)28(25(21)30)40-23(36)10-17-41-15-7-5-3-4-6-8-16-42-18-20-43(37,38)19-14-39-13-12-33(2)11-9-22(34)35/h3-20H2,1-2H3,(H,34,35). The maximum absolute atomic E-state index is 13.9. The number of benzene rings is 1. The number of carboxylic acids is 1. The quantitative estimate of drug-likeness (QED) is 0.0356. The minimum absolute atomic E-state index is 0.0221. The largest absolute Gasteiger partial charge is 0.481 e. The van der Waals surface area contributed by atoms with Crippen LogP contribution >= 0.6 is 23.5 Å². The Bertz CT molecular complexity index is 1080. The first-order valence-electron chi connectivity index (χ1n) is 14.2. The lowest BCUT2D eigenvalue weighted by Gasteiger charge is -2.15. The first-order chi connectivity index (χ1) is 20.4. The van der Waals surface area contributed by atoms with Crippen LogP contribution in [0, 0.1) is 30.2 Å². The minimum Gasteiger partial charge on any atom is -0.481 e. The Morgan fingerprint density at radius 3 is 2.00 bits per heavy atom. The molecule has 0 aromatic heterocycles. The van der Waals surface area contributed by atoms with E-state index in [0.717, 1.165) is 57.0 Å². The Morgan fingerprint density at radius 2 is 1.37 bits per heavy atom. The number of hydrogen-bond donors (Lipinski definition) is 1. The van der Waals surface area contributed by atoms with Gasteiger partial charge in [0.2, 0.25) is 11.6 Å². The molecule has 0 heterocycles. The van der Waals surface area contributed by atoms with E-state index in [2.05, 4.69) is 4.74 Å². The van der Waals surface area contributed by atoms with E-state index in [0.29, 0.717) is 31.2 Å². The number of esters is 1. The monoisotopic (exact) mass is 677 g/mol. The van der Waals surface area contributed by atoms with Gasteiger partial charge in [-0.2, -0.15) is 27.9 Å². The molecule has 0 unspecified atom stereocenters. The summed E-state index contributed by atoms with van der Waals surface area (Å²) in [5.41, 5.74) is -0.756. The Kier molecular flexibility index (Phi) is 20.2. The molecule has 0 spiro atoms. The minimum atomic E-state index is -3.17. The van der Waals surface area contributed by atoms with Crippen LogP contribution < -0.4 is 4.74 Å². The molecule has 0 atom stereocenters. The molecule has 0 aliphatic carbocycles. The van der Waals surface area contributed by atoms with E-state index >= 15 is 0 Å². The lowest BCUT2D eigenvalue weighted by molar-refractivity contribution is -0.137. The molecule has 0 saturated carbocycles. The van der Waals surface area contributed by atoms with Gasteiger partial charge in [0, 0.05) is 30.2 Å². The Hall–Kier alpha value is -1.55. The topological polar surface area (TPSA) is 110 Å². The van der Waals surface area contributed by atoms with Crippen molar-refractivity contribution in [3.8, 4) is 5.75 Å². The average molecular weight is 678 g/mol. The highest BCUT2D eigenvalue weighted by molar-refractivity contribution is 8.00. The van der Waals surface area contributed by atoms with Crippen LogP contribution in [0.15, 0.2) is 0 Å². The van der Waals surface area contributed by atoms with E-state index in [1.54, 1.807) is 18.8 Å². The molecule has 0 amide bonds. The molecule has 1 aromatic carbocycles. The maximum Gasteiger partial charge on any atom is 0.312 e. The molecular weight excluding hydrogens is 635 g/mol. The predicted octanol–water partition coefficient (Wildman–Crippen LogP) is 5.49. The second-order valence-corrected chi connectivity index (χ2v) is 14.7. The highest BCUT2D eigenvalue weighted by Gasteiger charge is 2.26. The van der Waals surface area contributed by atoms with E-state index in [1.807, 2.05) is 4.90 Å². The van der Waals surface area contributed by atoms with Gasteiger partial charge in [-0.1, -0.05) is 25.7 Å². The number of rotatable bonds is 25. The summed E-state index contributed by atoms with van der Waals surface area (Å²) in [6.45, 7) is 2.37. The molecule has 0 aliphatic rings. The predicted molar refractivity (Wildman–Crippen MR) is 163 cm³/mol. The second-order valence-electron chi connectivity index (χ2n) is 9.99. The average Bonchev–Trinajstić information content (AvgIpc) is 2.96. The summed E-state index contributed by atoms with van der Waals surface area (Å²) in [5, 5.41) is 8.66. The fraction of sp³-hybridized carbons (Fsp3) is 0.714. The van der Waals surface area contributed by atoms with E-state index < -0.39 is 56.4 Å². The van der Waals surface area contributed by atoms with Gasteiger partial charge in [0.15, 0.2) is 27.3 Å². The summed E-state index contributed by atoms with van der Waals surface area (Å²) in [4.78, 5) is 24.2. The summed E-state index contributed by atoms with van der Waals surface area (Å²) in [6.07, 6.45) is 6.11. The SMILES string of the molecule is Cc1c(F)c(F)c(F)c(OC(=O)CCSCCCCCCCCSCCS(=O)(=O)CCOCCN(C)CCC(=O)O)c1F. The highest BCUT2D eigenvalue weighted by Crippen LogP contribution is 2.30. The van der Waals surface area contributed by atoms with Gasteiger partial charge < -0.3 is 19.5 Å². The van der Waals surface area contributed by atoms with Crippen molar-refractivity contribution in [2.75, 3.05) is 67.9 Å². The van der Waals surface area contributed by atoms with Gasteiger partial charge in [-0.05, 0) is 38.3 Å².